The smallest absolute Gasteiger partial charge is 0.422 e. The molecule has 7 rings (SSSR count). The summed E-state index contributed by atoms with van der Waals surface area (Å²) in [7, 11) is 0. The van der Waals surface area contributed by atoms with Crippen molar-refractivity contribution in [3.63, 3.8) is 0 Å². The first kappa shape index (κ1) is 68.4. The molecule has 44 heteroatoms. The molecule has 0 heterocycles. The summed E-state index contributed by atoms with van der Waals surface area (Å²) in [6, 6.07) is 0. The topological polar surface area (TPSA) is 70.8 Å². The Kier molecular flexibility index (Phi) is 18.2. The number of alkyl halides is 9. The minimum absolute atomic E-state index is 1.71. The van der Waals surface area contributed by atoms with Gasteiger partial charge in [-0.3, -0.25) is 10.1 Å². The van der Waals surface area contributed by atoms with Gasteiger partial charge in [0, 0.05) is 0 Å². The summed E-state index contributed by atoms with van der Waals surface area (Å²) in [5.74, 6) is -107. The molecule has 89 heavy (non-hydrogen) atoms. The summed E-state index contributed by atoms with van der Waals surface area (Å²) in [5.41, 5.74) is -13.2. The van der Waals surface area contributed by atoms with Crippen molar-refractivity contribution in [3.8, 4) is 34.5 Å². The number of nitro groups is 1. The molecule has 0 aliphatic carbocycles. The summed E-state index contributed by atoms with van der Waals surface area (Å²) in [6.45, 7) is 0. The first-order valence-electron chi connectivity index (χ1n) is 20.9. The highest BCUT2D eigenvalue weighted by Crippen LogP contribution is 2.55. The Bertz CT molecular complexity index is 3870. The molecule has 478 valence electrons. The third-order valence-corrected chi connectivity index (χ3v) is 14.1. The van der Waals surface area contributed by atoms with Crippen LogP contribution in [-0.4, -0.2) is 4.92 Å². The first-order valence-corrected chi connectivity index (χ1v) is 23.4. The molecule has 0 spiro atoms. The van der Waals surface area contributed by atoms with Crippen LogP contribution in [0.2, 0.25) is 0 Å². The molecule has 0 fully saturated rings. The van der Waals surface area contributed by atoms with Gasteiger partial charge in [-0.15, -0.1) is 0 Å². The summed E-state index contributed by atoms with van der Waals surface area (Å²) in [5, 5.41) is 12.6. The van der Waals surface area contributed by atoms with Gasteiger partial charge < -0.3 is 14.2 Å². The van der Waals surface area contributed by atoms with E-state index in [1.54, 1.807) is 0 Å². The fourth-order valence-corrected chi connectivity index (χ4v) is 10.0. The average molecular weight is 1400 g/mol. The van der Waals surface area contributed by atoms with Crippen LogP contribution < -0.4 is 14.2 Å². The van der Waals surface area contributed by atoms with Crippen LogP contribution >= 0.6 is 35.3 Å². The van der Waals surface area contributed by atoms with E-state index >= 15 is 61.5 Å². The van der Waals surface area contributed by atoms with Crippen LogP contribution in [0.4, 0.5) is 159 Å². The second-order valence-corrected chi connectivity index (χ2v) is 19.0. The molecular weight excluding hydrogens is 1400 g/mol. The molecule has 0 radical (unpaired) electrons. The van der Waals surface area contributed by atoms with E-state index in [1.165, 1.54) is 0 Å². The molecule has 0 bridgehead atoms. The lowest BCUT2D eigenvalue weighted by atomic mass is 10.1. The molecule has 0 saturated carbocycles. The number of hydrogen-bond donors (Lipinski definition) is 0. The van der Waals surface area contributed by atoms with Crippen molar-refractivity contribution in [1.29, 1.82) is 0 Å². The van der Waals surface area contributed by atoms with Crippen molar-refractivity contribution < 1.29 is 173 Å². The minimum Gasteiger partial charge on any atom is -0.444 e. The second-order valence-electron chi connectivity index (χ2n) is 15.9. The molecule has 0 amide bonds. The van der Waals surface area contributed by atoms with Crippen LogP contribution in [0.1, 0.15) is 16.7 Å². The predicted octanol–water partition coefficient (Wildman–Crippen LogP) is 20.1. The zero-order valence-electron chi connectivity index (χ0n) is 39.4. The Morgan fingerprint density at radius 3 is 0.539 bits per heavy atom. The Labute approximate surface area is 473 Å². The molecule has 0 saturated heterocycles. The van der Waals surface area contributed by atoms with Crippen molar-refractivity contribution >= 4 is 41.0 Å². The highest BCUT2D eigenvalue weighted by atomic mass is 32.2. The van der Waals surface area contributed by atoms with Crippen molar-refractivity contribution in [2.24, 2.45) is 0 Å². The number of halogens is 35. The summed E-state index contributed by atoms with van der Waals surface area (Å²) in [6.07, 6.45) is -19.1. The monoisotopic (exact) mass is 1390 g/mol. The lowest BCUT2D eigenvalue weighted by Crippen LogP contribution is -2.16. The maximum atomic E-state index is 16.8. The quantitative estimate of drug-likeness (QED) is 0.0489. The van der Waals surface area contributed by atoms with Gasteiger partial charge in [-0.2, -0.15) is 92.2 Å². The van der Waals surface area contributed by atoms with Crippen LogP contribution in [0.3, 0.4) is 0 Å². The lowest BCUT2D eigenvalue weighted by molar-refractivity contribution is -0.391. The fraction of sp³-hybridized carbons (Fsp3) is 0.0667. The van der Waals surface area contributed by atoms with Crippen molar-refractivity contribution in [3.05, 3.63) is 178 Å². The number of nitrogens with zero attached hydrogens (tertiary/aromatic N) is 1. The third kappa shape index (κ3) is 11.4. The Morgan fingerprint density at radius 2 is 0.382 bits per heavy atom. The van der Waals surface area contributed by atoms with Crippen molar-refractivity contribution in [2.75, 3.05) is 0 Å². The summed E-state index contributed by atoms with van der Waals surface area (Å²) >= 11 is -5.15. The Morgan fingerprint density at radius 1 is 0.236 bits per heavy atom. The zero-order valence-corrected chi connectivity index (χ0v) is 41.9. The van der Waals surface area contributed by atoms with E-state index in [4.69, 9.17) is 0 Å². The molecule has 6 nitrogen and oxygen atoms in total. The van der Waals surface area contributed by atoms with Crippen LogP contribution in [-0.2, 0) is 18.5 Å². The SMILES string of the molecule is O=[N+]([O-])c1c(Sc2c(F)c(F)c(Oc3c(F)c(F)c(C(F)(F)F)c(F)c3F)c(F)c2F)c(F)c(Sc2c(F)c(F)c(Oc3c(F)c(F)c(C(F)(F)F)c(F)c3F)c(F)c2F)c(F)c1Sc1c(F)c(F)c(Oc2c(F)c(F)c(C(F)(F)F)c(F)c2F)c(F)c1F. The largest absolute Gasteiger partial charge is 0.444 e. The number of ether oxygens (including phenoxy) is 3. The van der Waals surface area contributed by atoms with Gasteiger partial charge in [-0.05, 0) is 0 Å². The molecule has 0 atom stereocenters. The molecule has 0 aliphatic rings. The molecule has 0 aromatic heterocycles. The van der Waals surface area contributed by atoms with Gasteiger partial charge >= 0.3 is 24.2 Å². The van der Waals surface area contributed by atoms with Gasteiger partial charge in [-0.25, -0.2) is 61.5 Å². The molecule has 7 aromatic rings. The number of benzene rings is 7. The summed E-state index contributed by atoms with van der Waals surface area (Å²) < 4.78 is 524. The van der Waals surface area contributed by atoms with E-state index in [9.17, 15) is 102 Å². The minimum atomic E-state index is -6.36. The number of rotatable bonds is 13. The van der Waals surface area contributed by atoms with Crippen molar-refractivity contribution in [1.82, 2.24) is 0 Å². The molecule has 0 unspecified atom stereocenters. The lowest BCUT2D eigenvalue weighted by Gasteiger charge is -2.19. The van der Waals surface area contributed by atoms with E-state index in [-0.39, 0.29) is 0 Å². The second kappa shape index (κ2) is 23.7. The van der Waals surface area contributed by atoms with Crippen LogP contribution in [0.5, 0.6) is 34.5 Å². The van der Waals surface area contributed by atoms with Gasteiger partial charge in [0.15, 0.2) is 81.4 Å². The normalized spacial score (nSPS) is 12.2. The van der Waals surface area contributed by atoms with Crippen LogP contribution in [0.15, 0.2) is 29.4 Å². The number of nitro benzene ring substituents is 1. The molecule has 0 N–H and O–H groups in total. The number of hydrogen-bond acceptors (Lipinski definition) is 8. The van der Waals surface area contributed by atoms with Gasteiger partial charge in [0.05, 0.1) is 24.5 Å². The molecular formula is C45F35NO5S3. The van der Waals surface area contributed by atoms with Gasteiger partial charge in [0.25, 0.3) is 0 Å². The van der Waals surface area contributed by atoms with E-state index in [0.29, 0.717) is 0 Å². The third-order valence-electron chi connectivity index (χ3n) is 10.7. The highest BCUT2D eigenvalue weighted by molar-refractivity contribution is 8.01. The standard InChI is InChI=1S/C45F35NO5S3/c46-4-1(43(72,73)74)5(47)11(53)31(10(4)52)84-34-16(58)22(64)37(23(65)17(34)59)87-40-28(70)41(88-38-24(66)18(60)35(19(61)25(38)67)85-32-12(54)6(48)2(44(75,76)77)7(49)13(32)55)30(81(82)83)42(29(40)71)89-39-26(68)20(62)36(21(63)27(39)69)86-33-14(56)8(50)3(45(78,79)80)9(51)15(33)57. The van der Waals surface area contributed by atoms with E-state index in [1.807, 2.05) is 0 Å². The Hall–Kier alpha value is -8.06. The average Bonchev–Trinajstić information content (AvgIpc) is 0.786. The van der Waals surface area contributed by atoms with Crippen LogP contribution in [0, 0.1) is 161 Å². The molecule has 0 aliphatic heterocycles. The van der Waals surface area contributed by atoms with Crippen LogP contribution in [0.25, 0.3) is 0 Å². The van der Waals surface area contributed by atoms with Gasteiger partial charge in [-0.1, -0.05) is 35.3 Å². The van der Waals surface area contributed by atoms with E-state index in [0.717, 1.165) is 0 Å². The van der Waals surface area contributed by atoms with Gasteiger partial charge in [0.1, 0.15) is 26.5 Å². The zero-order chi connectivity index (χ0) is 67.6. The summed E-state index contributed by atoms with van der Waals surface area (Å²) in [4.78, 5) is -6.52. The maximum Gasteiger partial charge on any atom is 0.422 e. The highest BCUT2D eigenvalue weighted by Gasteiger charge is 2.48. The predicted molar refractivity (Wildman–Crippen MR) is 218 cm³/mol. The first-order chi connectivity index (χ1) is 40.8. The van der Waals surface area contributed by atoms with Crippen molar-refractivity contribution in [2.45, 2.75) is 47.9 Å². The fourth-order valence-electron chi connectivity index (χ4n) is 6.83. The van der Waals surface area contributed by atoms with E-state index in [2.05, 4.69) is 14.2 Å². The molecule has 7 aromatic carbocycles. The Balaban J connectivity index is 1.47. The maximum absolute atomic E-state index is 16.8. The van der Waals surface area contributed by atoms with E-state index < -0.39 is 296 Å². The van der Waals surface area contributed by atoms with Gasteiger partial charge in [0.2, 0.25) is 104 Å².